The number of hydrogen-bond donors (Lipinski definition) is 1. The second-order valence-electron chi connectivity index (χ2n) is 7.19. The molecule has 1 aromatic carbocycles. The third kappa shape index (κ3) is 5.46. The molecule has 1 aliphatic heterocycles. The maximum atomic E-state index is 12.6. The molecule has 1 aromatic rings. The van der Waals surface area contributed by atoms with Crippen molar-refractivity contribution in [3.63, 3.8) is 0 Å². The zero-order valence-electron chi connectivity index (χ0n) is 16.3. The van der Waals surface area contributed by atoms with Crippen LogP contribution in [0.2, 0.25) is 0 Å². The molecule has 6 heteroatoms. The van der Waals surface area contributed by atoms with E-state index in [1.54, 1.807) is 11.9 Å². The number of carbonyl (C=O) groups excluding carboxylic acids is 2. The van der Waals surface area contributed by atoms with E-state index in [9.17, 15) is 9.59 Å². The minimum absolute atomic E-state index is 0.00356. The molecule has 0 saturated carbocycles. The van der Waals surface area contributed by atoms with Crippen LogP contribution in [0.1, 0.15) is 32.8 Å². The van der Waals surface area contributed by atoms with Gasteiger partial charge in [0.2, 0.25) is 11.8 Å². The molecule has 1 unspecified atom stereocenters. The van der Waals surface area contributed by atoms with Crippen molar-refractivity contribution in [3.05, 3.63) is 29.8 Å². The molecule has 0 radical (unpaired) electrons. The van der Waals surface area contributed by atoms with Crippen molar-refractivity contribution in [1.29, 1.82) is 0 Å². The molecule has 144 valence electrons. The van der Waals surface area contributed by atoms with Crippen LogP contribution in [-0.2, 0) is 16.1 Å². The Morgan fingerprint density at radius 2 is 2.12 bits per heavy atom. The summed E-state index contributed by atoms with van der Waals surface area (Å²) in [7, 11) is 1.80. The van der Waals surface area contributed by atoms with E-state index < -0.39 is 6.04 Å². The fourth-order valence-corrected chi connectivity index (χ4v) is 3.29. The highest BCUT2D eigenvalue weighted by atomic mass is 16.5. The zero-order chi connectivity index (χ0) is 19.1. The minimum atomic E-state index is -0.444. The number of rotatable bonds is 8. The monoisotopic (exact) mass is 361 g/mol. The normalized spacial score (nSPS) is 17.9. The lowest BCUT2D eigenvalue weighted by Crippen LogP contribution is -2.56. The van der Waals surface area contributed by atoms with Crippen molar-refractivity contribution in [2.24, 2.45) is 5.92 Å². The molecule has 26 heavy (non-hydrogen) atoms. The topological polar surface area (TPSA) is 61.9 Å². The lowest BCUT2D eigenvalue weighted by Gasteiger charge is -2.35. The lowest BCUT2D eigenvalue weighted by molar-refractivity contribution is -0.138. The molecular weight excluding hydrogens is 330 g/mol. The highest BCUT2D eigenvalue weighted by Crippen LogP contribution is 2.22. The summed E-state index contributed by atoms with van der Waals surface area (Å²) in [6.07, 6.45) is 0.200. The number of para-hydroxylation sites is 1. The highest BCUT2D eigenvalue weighted by Gasteiger charge is 2.32. The molecule has 1 N–H and O–H groups in total. The van der Waals surface area contributed by atoms with E-state index in [4.69, 9.17) is 4.74 Å². The molecule has 1 saturated heterocycles. The molecule has 1 fully saturated rings. The Kier molecular flexibility index (Phi) is 7.45. The van der Waals surface area contributed by atoms with E-state index in [1.807, 2.05) is 31.2 Å². The second-order valence-corrected chi connectivity index (χ2v) is 7.19. The molecule has 2 rings (SSSR count). The smallest absolute Gasteiger partial charge is 0.237 e. The fraction of sp³-hybridized carbons (Fsp3) is 0.600. The Hall–Kier alpha value is -2.08. The molecule has 1 heterocycles. The quantitative estimate of drug-likeness (QED) is 0.768. The lowest BCUT2D eigenvalue weighted by atomic mass is 10.1. The first-order valence-electron chi connectivity index (χ1n) is 9.38. The minimum Gasteiger partial charge on any atom is -0.494 e. The number of carbonyl (C=O) groups is 2. The van der Waals surface area contributed by atoms with Gasteiger partial charge in [0, 0.05) is 38.8 Å². The predicted molar refractivity (Wildman–Crippen MR) is 102 cm³/mol. The third-order valence-electron chi connectivity index (χ3n) is 4.52. The van der Waals surface area contributed by atoms with Crippen LogP contribution in [0.3, 0.4) is 0 Å². The van der Waals surface area contributed by atoms with Crippen molar-refractivity contribution in [1.82, 2.24) is 15.1 Å². The van der Waals surface area contributed by atoms with E-state index in [2.05, 4.69) is 24.1 Å². The average molecular weight is 361 g/mol. The van der Waals surface area contributed by atoms with Crippen molar-refractivity contribution in [2.45, 2.75) is 39.8 Å². The summed E-state index contributed by atoms with van der Waals surface area (Å²) in [6, 6.07) is 7.43. The van der Waals surface area contributed by atoms with Gasteiger partial charge in [-0.1, -0.05) is 32.0 Å². The molecule has 0 spiro atoms. The van der Waals surface area contributed by atoms with Gasteiger partial charge in [0.1, 0.15) is 5.75 Å². The summed E-state index contributed by atoms with van der Waals surface area (Å²) in [5.41, 5.74) is 1.04. The number of amides is 2. The number of nitrogens with zero attached hydrogens (tertiary/aromatic N) is 2. The van der Waals surface area contributed by atoms with Gasteiger partial charge in [0.25, 0.3) is 0 Å². The van der Waals surface area contributed by atoms with Gasteiger partial charge in [0.05, 0.1) is 19.1 Å². The summed E-state index contributed by atoms with van der Waals surface area (Å²) < 4.78 is 5.70. The third-order valence-corrected chi connectivity index (χ3v) is 4.52. The van der Waals surface area contributed by atoms with E-state index in [0.29, 0.717) is 32.2 Å². The van der Waals surface area contributed by atoms with Gasteiger partial charge in [-0.05, 0) is 18.9 Å². The Morgan fingerprint density at radius 3 is 2.81 bits per heavy atom. The van der Waals surface area contributed by atoms with Crippen LogP contribution < -0.4 is 10.1 Å². The van der Waals surface area contributed by atoms with Crippen molar-refractivity contribution in [3.8, 4) is 5.75 Å². The number of nitrogens with one attached hydrogen (secondary N) is 1. The van der Waals surface area contributed by atoms with Gasteiger partial charge >= 0.3 is 0 Å². The van der Waals surface area contributed by atoms with Gasteiger partial charge in [0.15, 0.2) is 0 Å². The SMILES string of the molecule is CCOc1ccccc1CN1CCNC(=O)C1CC(=O)N(C)CC(C)C. The number of ether oxygens (including phenoxy) is 1. The first-order chi connectivity index (χ1) is 12.4. The first kappa shape index (κ1) is 20.2. The fourth-order valence-electron chi connectivity index (χ4n) is 3.29. The van der Waals surface area contributed by atoms with Crippen LogP contribution in [-0.4, -0.2) is 60.9 Å². The maximum absolute atomic E-state index is 12.6. The number of piperazine rings is 1. The number of benzene rings is 1. The van der Waals surface area contributed by atoms with Crippen LogP contribution in [0.4, 0.5) is 0 Å². The van der Waals surface area contributed by atoms with Gasteiger partial charge in [-0.2, -0.15) is 0 Å². The van der Waals surface area contributed by atoms with Gasteiger partial charge < -0.3 is 15.0 Å². The van der Waals surface area contributed by atoms with Gasteiger partial charge in [-0.15, -0.1) is 0 Å². The Labute approximate surface area is 156 Å². The Bertz CT molecular complexity index is 618. The molecular formula is C20H31N3O3. The van der Waals surface area contributed by atoms with Crippen LogP contribution in [0, 0.1) is 5.92 Å². The number of hydrogen-bond acceptors (Lipinski definition) is 4. The van der Waals surface area contributed by atoms with Gasteiger partial charge in [-0.3, -0.25) is 14.5 Å². The van der Waals surface area contributed by atoms with Crippen LogP contribution in [0.25, 0.3) is 0 Å². The predicted octanol–water partition coefficient (Wildman–Crippen LogP) is 1.89. The summed E-state index contributed by atoms with van der Waals surface area (Å²) in [4.78, 5) is 28.8. The zero-order valence-corrected chi connectivity index (χ0v) is 16.3. The van der Waals surface area contributed by atoms with Crippen molar-refractivity contribution >= 4 is 11.8 Å². The van der Waals surface area contributed by atoms with Crippen molar-refractivity contribution in [2.75, 3.05) is 33.3 Å². The van der Waals surface area contributed by atoms with E-state index in [0.717, 1.165) is 17.9 Å². The molecule has 0 aliphatic carbocycles. The maximum Gasteiger partial charge on any atom is 0.237 e. The van der Waals surface area contributed by atoms with E-state index in [1.165, 1.54) is 0 Å². The van der Waals surface area contributed by atoms with Crippen LogP contribution >= 0.6 is 0 Å². The van der Waals surface area contributed by atoms with Crippen LogP contribution in [0.15, 0.2) is 24.3 Å². The largest absolute Gasteiger partial charge is 0.494 e. The van der Waals surface area contributed by atoms with E-state index in [-0.39, 0.29) is 18.2 Å². The summed E-state index contributed by atoms with van der Waals surface area (Å²) in [6.45, 7) is 9.31. The molecule has 0 aromatic heterocycles. The van der Waals surface area contributed by atoms with Gasteiger partial charge in [-0.25, -0.2) is 0 Å². The Morgan fingerprint density at radius 1 is 1.38 bits per heavy atom. The summed E-state index contributed by atoms with van der Waals surface area (Å²) >= 11 is 0. The van der Waals surface area contributed by atoms with E-state index >= 15 is 0 Å². The summed E-state index contributed by atoms with van der Waals surface area (Å²) in [5.74, 6) is 1.17. The van der Waals surface area contributed by atoms with Crippen molar-refractivity contribution < 1.29 is 14.3 Å². The van der Waals surface area contributed by atoms with Crippen LogP contribution in [0.5, 0.6) is 5.75 Å². The standard InChI is InChI=1S/C20H31N3O3/c1-5-26-18-9-7-6-8-16(18)14-23-11-10-21-20(25)17(23)12-19(24)22(4)13-15(2)3/h6-9,15,17H,5,10-14H2,1-4H3,(H,21,25). The average Bonchev–Trinajstić information content (AvgIpc) is 2.59. The summed E-state index contributed by atoms with van der Waals surface area (Å²) in [5, 5.41) is 2.89. The first-order valence-corrected chi connectivity index (χ1v) is 9.38. The second kappa shape index (κ2) is 9.57. The Balaban J connectivity index is 2.10. The molecule has 1 aliphatic rings. The molecule has 6 nitrogen and oxygen atoms in total. The molecule has 0 bridgehead atoms. The molecule has 2 amide bonds. The highest BCUT2D eigenvalue weighted by molar-refractivity contribution is 5.88. The molecule has 1 atom stereocenters.